The van der Waals surface area contributed by atoms with E-state index in [-0.39, 0.29) is 11.1 Å². The summed E-state index contributed by atoms with van der Waals surface area (Å²) in [7, 11) is 0. The molecular weight excluding hydrogens is 365 g/mol. The van der Waals surface area contributed by atoms with E-state index in [1.54, 1.807) is 18.3 Å². The summed E-state index contributed by atoms with van der Waals surface area (Å²) in [5, 5.41) is 13.5. The van der Waals surface area contributed by atoms with Crippen LogP contribution in [0.4, 0.5) is 10.2 Å². The molecule has 2 aromatic heterocycles. The quantitative estimate of drug-likeness (QED) is 0.490. The van der Waals surface area contributed by atoms with Crippen molar-refractivity contribution in [2.45, 2.75) is 0 Å². The zero-order valence-electron chi connectivity index (χ0n) is 14.3. The molecule has 7 nitrogen and oxygen atoms in total. The van der Waals surface area contributed by atoms with E-state index >= 15 is 0 Å². The summed E-state index contributed by atoms with van der Waals surface area (Å²) in [6, 6.07) is 8.50. The number of likely N-dealkylation sites (tertiary alicyclic amines) is 1. The molecule has 4 rings (SSSR count). The third-order valence-electron chi connectivity index (χ3n) is 4.72. The fourth-order valence-corrected chi connectivity index (χ4v) is 3.59. The van der Waals surface area contributed by atoms with Gasteiger partial charge < -0.3 is 9.80 Å². The van der Waals surface area contributed by atoms with E-state index in [0.717, 1.165) is 32.0 Å². The average molecular weight is 381 g/mol. The number of rotatable bonds is 3. The first-order valence-corrected chi connectivity index (χ1v) is 8.79. The maximum atomic E-state index is 13.5. The van der Waals surface area contributed by atoms with Gasteiger partial charge in [0, 0.05) is 44.0 Å². The van der Waals surface area contributed by atoms with E-state index in [9.17, 15) is 4.39 Å². The van der Waals surface area contributed by atoms with Crippen LogP contribution in [0.3, 0.4) is 0 Å². The molecule has 0 amide bonds. The van der Waals surface area contributed by atoms with Crippen LogP contribution in [0.2, 0.25) is 0 Å². The van der Waals surface area contributed by atoms with Crippen molar-refractivity contribution in [1.82, 2.24) is 20.3 Å². The molecule has 0 saturated carbocycles. The number of nitrogens with one attached hydrogen (secondary N) is 1. The number of aromatic nitrogens is 2. The highest BCUT2D eigenvalue weighted by Gasteiger charge is 2.52. The van der Waals surface area contributed by atoms with Gasteiger partial charge in [-0.25, -0.2) is 9.37 Å². The Morgan fingerprint density at radius 3 is 2.85 bits per heavy atom. The topological polar surface area (TPSA) is 80.4 Å². The molecule has 2 fully saturated rings. The predicted octanol–water partition coefficient (Wildman–Crippen LogP) is 1.52. The fraction of sp³-hybridized carbons (Fsp3) is 0.278. The number of hydrogen-bond acceptors (Lipinski definition) is 6. The Balaban J connectivity index is 1.26. The maximum Gasteiger partial charge on any atom is 0.189 e. The summed E-state index contributed by atoms with van der Waals surface area (Å²) in [4.78, 5) is 12.4. The summed E-state index contributed by atoms with van der Waals surface area (Å²) >= 11 is 5.33. The van der Waals surface area contributed by atoms with Crippen molar-refractivity contribution in [2.75, 3.05) is 31.1 Å². The van der Waals surface area contributed by atoms with Crippen LogP contribution < -0.4 is 10.3 Å². The van der Waals surface area contributed by atoms with E-state index < -0.39 is 5.82 Å². The maximum absolute atomic E-state index is 13.5. The number of nitrogens with zero attached hydrogens (tertiary/aromatic N) is 6. The Bertz CT molecular complexity index is 941. The molecule has 0 bridgehead atoms. The molecular formula is C18H16FN7S. The summed E-state index contributed by atoms with van der Waals surface area (Å²) in [6.45, 7) is 3.44. The van der Waals surface area contributed by atoms with Gasteiger partial charge in [-0.1, -0.05) is 0 Å². The summed E-state index contributed by atoms with van der Waals surface area (Å²) < 4.78 is 13.5. The van der Waals surface area contributed by atoms with Gasteiger partial charge in [0.25, 0.3) is 0 Å². The summed E-state index contributed by atoms with van der Waals surface area (Å²) in [6.07, 6.45) is 4.48. The third kappa shape index (κ3) is 3.44. The number of hydrazone groups is 1. The van der Waals surface area contributed by atoms with Gasteiger partial charge in [0.05, 0.1) is 17.8 Å². The molecule has 2 aromatic rings. The Kier molecular flexibility index (Phi) is 4.41. The molecule has 1 N–H and O–H groups in total. The largest absolute Gasteiger partial charge is 0.355 e. The zero-order valence-corrected chi connectivity index (χ0v) is 15.2. The van der Waals surface area contributed by atoms with Crippen LogP contribution in [0, 0.1) is 22.6 Å². The summed E-state index contributed by atoms with van der Waals surface area (Å²) in [5.74, 6) is 0.404. The molecule has 0 aliphatic carbocycles. The van der Waals surface area contributed by atoms with Gasteiger partial charge in [0.1, 0.15) is 11.5 Å². The molecule has 2 aliphatic heterocycles. The Hall–Kier alpha value is -3.12. The first-order chi connectivity index (χ1) is 13.1. The number of thiocarbonyl (C=S) groups is 1. The normalized spacial score (nSPS) is 17.3. The average Bonchev–Trinajstić information content (AvgIpc) is 2.61. The lowest BCUT2D eigenvalue weighted by atomic mass is 9.73. The van der Waals surface area contributed by atoms with Gasteiger partial charge in [0.2, 0.25) is 0 Å². The number of anilines is 1. The highest BCUT2D eigenvalue weighted by atomic mass is 32.1. The Morgan fingerprint density at radius 1 is 1.30 bits per heavy atom. The molecule has 2 saturated heterocycles. The molecule has 0 atom stereocenters. The fourth-order valence-electron chi connectivity index (χ4n) is 3.41. The molecule has 2 aliphatic rings. The standard InChI is InChI=1S/C18H16FN7S/c19-14-2-1-4-21-15(14)8-23-24-17(27)26-11-18(12-26)9-25(10-18)16-6-13(7-20)3-5-22-16/h1-6,8H,9-12H2,(H,24,27)/b23-8+. The van der Waals surface area contributed by atoms with Crippen LogP contribution in [0.5, 0.6) is 0 Å². The lowest BCUT2D eigenvalue weighted by Gasteiger charge is -2.60. The molecule has 9 heteroatoms. The van der Waals surface area contributed by atoms with Gasteiger partial charge in [-0.05, 0) is 36.5 Å². The van der Waals surface area contributed by atoms with Crippen molar-refractivity contribution < 1.29 is 4.39 Å². The van der Waals surface area contributed by atoms with E-state index in [4.69, 9.17) is 17.5 Å². The lowest BCUT2D eigenvalue weighted by Crippen LogP contribution is -2.73. The van der Waals surface area contributed by atoms with Crippen molar-refractivity contribution in [3.05, 3.63) is 53.7 Å². The number of nitriles is 1. The lowest BCUT2D eigenvalue weighted by molar-refractivity contribution is 0.0283. The Morgan fingerprint density at radius 2 is 2.11 bits per heavy atom. The number of halogens is 1. The van der Waals surface area contributed by atoms with Gasteiger partial charge >= 0.3 is 0 Å². The van der Waals surface area contributed by atoms with Gasteiger partial charge in [-0.2, -0.15) is 10.4 Å². The van der Waals surface area contributed by atoms with E-state index in [2.05, 4.69) is 31.5 Å². The van der Waals surface area contributed by atoms with Crippen molar-refractivity contribution in [3.63, 3.8) is 0 Å². The smallest absolute Gasteiger partial charge is 0.189 e. The monoisotopic (exact) mass is 381 g/mol. The van der Waals surface area contributed by atoms with Crippen molar-refractivity contribution in [3.8, 4) is 6.07 Å². The van der Waals surface area contributed by atoms with Crippen LogP contribution >= 0.6 is 12.2 Å². The SMILES string of the molecule is N#Cc1ccnc(N2CC3(CN(C(=S)N/N=C/c4ncccc4F)C3)C2)c1. The van der Waals surface area contributed by atoms with Gasteiger partial charge in [-0.3, -0.25) is 10.4 Å². The van der Waals surface area contributed by atoms with Crippen molar-refractivity contribution in [1.29, 1.82) is 5.26 Å². The molecule has 0 unspecified atom stereocenters. The van der Waals surface area contributed by atoms with Crippen molar-refractivity contribution in [2.24, 2.45) is 10.5 Å². The minimum Gasteiger partial charge on any atom is -0.355 e. The molecule has 0 radical (unpaired) electrons. The van der Waals surface area contributed by atoms with Crippen LogP contribution in [0.15, 0.2) is 41.8 Å². The molecule has 136 valence electrons. The first-order valence-electron chi connectivity index (χ1n) is 8.38. The molecule has 27 heavy (non-hydrogen) atoms. The highest BCUT2D eigenvalue weighted by Crippen LogP contribution is 2.41. The van der Waals surface area contributed by atoms with Gasteiger partial charge in [-0.15, -0.1) is 0 Å². The van der Waals surface area contributed by atoms with Crippen molar-refractivity contribution >= 4 is 29.4 Å². The molecule has 4 heterocycles. The van der Waals surface area contributed by atoms with Crippen LogP contribution in [-0.2, 0) is 0 Å². The molecule has 0 aromatic carbocycles. The minimum absolute atomic E-state index is 0.162. The van der Waals surface area contributed by atoms with Crippen LogP contribution in [0.25, 0.3) is 0 Å². The number of pyridine rings is 2. The second-order valence-corrected chi connectivity index (χ2v) is 7.16. The Labute approximate surface area is 161 Å². The second kappa shape index (κ2) is 6.89. The first kappa shape index (κ1) is 17.3. The van der Waals surface area contributed by atoms with E-state index in [1.165, 1.54) is 24.5 Å². The minimum atomic E-state index is -0.430. The highest BCUT2D eigenvalue weighted by molar-refractivity contribution is 7.80. The third-order valence-corrected chi connectivity index (χ3v) is 5.07. The van der Waals surface area contributed by atoms with Crippen LogP contribution in [0.1, 0.15) is 11.3 Å². The summed E-state index contributed by atoms with van der Waals surface area (Å²) in [5.41, 5.74) is 3.74. The second-order valence-electron chi connectivity index (χ2n) is 6.77. The number of hydrogen-bond donors (Lipinski definition) is 1. The molecule has 1 spiro atoms. The van der Waals surface area contributed by atoms with E-state index in [1.807, 2.05) is 4.90 Å². The zero-order chi connectivity index (χ0) is 18.9. The van der Waals surface area contributed by atoms with Crippen LogP contribution in [-0.4, -0.2) is 52.4 Å². The van der Waals surface area contributed by atoms with Gasteiger partial charge in [0.15, 0.2) is 10.9 Å². The van der Waals surface area contributed by atoms with E-state index in [0.29, 0.717) is 10.7 Å². The predicted molar refractivity (Wildman–Crippen MR) is 103 cm³/mol.